The minimum Gasteiger partial charge on any atom is -0.438 e. The summed E-state index contributed by atoms with van der Waals surface area (Å²) in [6, 6.07) is 9.24. The summed E-state index contributed by atoms with van der Waals surface area (Å²) < 4.78 is 5.56. The molecular weight excluding hydrogens is 316 g/mol. The molecule has 0 atom stereocenters. The summed E-state index contributed by atoms with van der Waals surface area (Å²) in [7, 11) is 0. The van der Waals surface area contributed by atoms with E-state index in [0.29, 0.717) is 11.6 Å². The molecule has 1 aliphatic carbocycles. The highest BCUT2D eigenvalue weighted by molar-refractivity contribution is 6.01. The molecule has 1 aliphatic rings. The SMILES string of the molecule is N#CC(=Cc1ccc(Oc2cnccn2)cc1)C(=O)NC1CCCC1. The first-order valence-corrected chi connectivity index (χ1v) is 8.21. The van der Waals surface area contributed by atoms with Crippen LogP contribution in [0.15, 0.2) is 48.4 Å². The monoisotopic (exact) mass is 334 g/mol. The summed E-state index contributed by atoms with van der Waals surface area (Å²) in [6.07, 6.45) is 10.5. The lowest BCUT2D eigenvalue weighted by atomic mass is 10.1. The molecule has 1 aromatic heterocycles. The van der Waals surface area contributed by atoms with Crippen LogP contribution in [0.25, 0.3) is 6.08 Å². The fourth-order valence-electron chi connectivity index (χ4n) is 2.74. The van der Waals surface area contributed by atoms with Gasteiger partial charge in [0.15, 0.2) is 0 Å². The molecule has 6 heteroatoms. The molecule has 3 rings (SSSR count). The van der Waals surface area contributed by atoms with E-state index in [2.05, 4.69) is 15.3 Å². The Morgan fingerprint density at radius 1 is 1.24 bits per heavy atom. The number of amides is 1. The summed E-state index contributed by atoms with van der Waals surface area (Å²) in [5.41, 5.74) is 0.860. The molecule has 25 heavy (non-hydrogen) atoms. The zero-order valence-corrected chi connectivity index (χ0v) is 13.7. The van der Waals surface area contributed by atoms with Crippen molar-refractivity contribution in [3.63, 3.8) is 0 Å². The molecule has 0 radical (unpaired) electrons. The average molecular weight is 334 g/mol. The van der Waals surface area contributed by atoms with E-state index in [1.54, 1.807) is 42.7 Å². The van der Waals surface area contributed by atoms with Crippen LogP contribution in [0.4, 0.5) is 0 Å². The van der Waals surface area contributed by atoms with Crippen LogP contribution in [0.5, 0.6) is 11.6 Å². The zero-order valence-electron chi connectivity index (χ0n) is 13.7. The van der Waals surface area contributed by atoms with Gasteiger partial charge in [-0.3, -0.25) is 9.78 Å². The number of carbonyl (C=O) groups is 1. The van der Waals surface area contributed by atoms with Crippen molar-refractivity contribution in [1.29, 1.82) is 5.26 Å². The number of hydrogen-bond donors (Lipinski definition) is 1. The van der Waals surface area contributed by atoms with Crippen LogP contribution in [0, 0.1) is 11.3 Å². The maximum absolute atomic E-state index is 12.2. The summed E-state index contributed by atoms with van der Waals surface area (Å²) in [6.45, 7) is 0. The average Bonchev–Trinajstić information content (AvgIpc) is 3.15. The molecule has 1 saturated carbocycles. The van der Waals surface area contributed by atoms with Gasteiger partial charge in [0.05, 0.1) is 6.20 Å². The molecule has 126 valence electrons. The highest BCUT2D eigenvalue weighted by atomic mass is 16.5. The Kier molecular flexibility index (Phi) is 5.37. The molecule has 0 saturated heterocycles. The first-order valence-electron chi connectivity index (χ1n) is 8.21. The third-order valence-electron chi connectivity index (χ3n) is 4.01. The maximum Gasteiger partial charge on any atom is 0.262 e. The van der Waals surface area contributed by atoms with Crippen molar-refractivity contribution in [2.45, 2.75) is 31.7 Å². The van der Waals surface area contributed by atoms with E-state index in [1.807, 2.05) is 6.07 Å². The number of nitriles is 1. The quantitative estimate of drug-likeness (QED) is 0.670. The summed E-state index contributed by atoms with van der Waals surface area (Å²) >= 11 is 0. The van der Waals surface area contributed by atoms with Gasteiger partial charge in [-0.25, -0.2) is 4.98 Å². The van der Waals surface area contributed by atoms with Gasteiger partial charge in [-0.2, -0.15) is 5.26 Å². The van der Waals surface area contributed by atoms with Crippen molar-refractivity contribution < 1.29 is 9.53 Å². The van der Waals surface area contributed by atoms with Crippen molar-refractivity contribution in [2.24, 2.45) is 0 Å². The molecule has 6 nitrogen and oxygen atoms in total. The van der Waals surface area contributed by atoms with Crippen LogP contribution in [0.1, 0.15) is 31.2 Å². The topological polar surface area (TPSA) is 87.9 Å². The number of ether oxygens (including phenoxy) is 1. The number of aromatic nitrogens is 2. The number of benzene rings is 1. The van der Waals surface area contributed by atoms with Gasteiger partial charge in [0.2, 0.25) is 5.88 Å². The summed E-state index contributed by atoms with van der Waals surface area (Å²) in [5, 5.41) is 12.2. The maximum atomic E-state index is 12.2. The van der Waals surface area contributed by atoms with Crippen molar-refractivity contribution in [3.8, 4) is 17.7 Å². The second-order valence-electron chi connectivity index (χ2n) is 5.84. The molecule has 0 spiro atoms. The predicted molar refractivity (Wildman–Crippen MR) is 92.5 cm³/mol. The van der Waals surface area contributed by atoms with Gasteiger partial charge in [-0.15, -0.1) is 0 Å². The van der Waals surface area contributed by atoms with Gasteiger partial charge >= 0.3 is 0 Å². The third-order valence-corrected chi connectivity index (χ3v) is 4.01. The normalized spacial score (nSPS) is 14.8. The Balaban J connectivity index is 1.66. The summed E-state index contributed by atoms with van der Waals surface area (Å²) in [5.74, 6) is 0.695. The van der Waals surface area contributed by atoms with Crippen molar-refractivity contribution in [3.05, 3.63) is 54.0 Å². The fourth-order valence-corrected chi connectivity index (χ4v) is 2.74. The molecule has 2 aromatic rings. The number of carbonyl (C=O) groups excluding carboxylic acids is 1. The number of nitrogens with one attached hydrogen (secondary N) is 1. The lowest BCUT2D eigenvalue weighted by Gasteiger charge is -2.11. The van der Waals surface area contributed by atoms with Gasteiger partial charge in [-0.05, 0) is 36.6 Å². The Morgan fingerprint density at radius 2 is 2.00 bits per heavy atom. The van der Waals surface area contributed by atoms with Gasteiger partial charge in [-0.1, -0.05) is 25.0 Å². The minimum atomic E-state index is -0.311. The molecule has 0 aliphatic heterocycles. The Hall–Kier alpha value is -3.20. The van der Waals surface area contributed by atoms with E-state index in [1.165, 1.54) is 6.20 Å². The van der Waals surface area contributed by atoms with E-state index in [4.69, 9.17) is 4.74 Å². The van der Waals surface area contributed by atoms with Crippen LogP contribution in [0.2, 0.25) is 0 Å². The van der Waals surface area contributed by atoms with Crippen molar-refractivity contribution in [1.82, 2.24) is 15.3 Å². The Bertz CT molecular complexity index is 788. The molecule has 1 aromatic carbocycles. The fraction of sp³-hybridized carbons (Fsp3) is 0.263. The molecule has 1 fully saturated rings. The van der Waals surface area contributed by atoms with E-state index in [9.17, 15) is 10.1 Å². The van der Waals surface area contributed by atoms with E-state index < -0.39 is 0 Å². The Labute approximate surface area is 146 Å². The van der Waals surface area contributed by atoms with E-state index >= 15 is 0 Å². The molecule has 1 heterocycles. The summed E-state index contributed by atoms with van der Waals surface area (Å²) in [4.78, 5) is 20.2. The standard InChI is InChI=1S/C19H18N4O2/c20-12-15(19(24)23-16-3-1-2-4-16)11-14-5-7-17(8-6-14)25-18-13-21-9-10-22-18/h5-11,13,16H,1-4H2,(H,23,24). The van der Waals surface area contributed by atoms with Crippen molar-refractivity contribution in [2.75, 3.05) is 0 Å². The van der Waals surface area contributed by atoms with E-state index in [-0.39, 0.29) is 17.5 Å². The lowest BCUT2D eigenvalue weighted by molar-refractivity contribution is -0.117. The molecule has 0 unspecified atom stereocenters. The second kappa shape index (κ2) is 8.06. The number of hydrogen-bond acceptors (Lipinski definition) is 5. The van der Waals surface area contributed by atoms with E-state index in [0.717, 1.165) is 31.2 Å². The number of rotatable bonds is 5. The zero-order chi connectivity index (χ0) is 17.5. The highest BCUT2D eigenvalue weighted by Gasteiger charge is 2.19. The molecule has 1 N–H and O–H groups in total. The number of nitrogens with zero attached hydrogens (tertiary/aromatic N) is 3. The molecular formula is C19H18N4O2. The highest BCUT2D eigenvalue weighted by Crippen LogP contribution is 2.20. The third kappa shape index (κ3) is 4.64. The van der Waals surface area contributed by atoms with Crippen molar-refractivity contribution >= 4 is 12.0 Å². The van der Waals surface area contributed by atoms with Crippen LogP contribution < -0.4 is 10.1 Å². The second-order valence-corrected chi connectivity index (χ2v) is 5.84. The lowest BCUT2D eigenvalue weighted by Crippen LogP contribution is -2.33. The molecule has 0 bridgehead atoms. The molecule has 1 amide bonds. The van der Waals surface area contributed by atoms with Crippen LogP contribution in [-0.2, 0) is 4.79 Å². The van der Waals surface area contributed by atoms with Crippen LogP contribution >= 0.6 is 0 Å². The smallest absolute Gasteiger partial charge is 0.262 e. The first-order chi connectivity index (χ1) is 12.2. The minimum absolute atomic E-state index is 0.106. The largest absolute Gasteiger partial charge is 0.438 e. The van der Waals surface area contributed by atoms with Crippen LogP contribution in [-0.4, -0.2) is 21.9 Å². The van der Waals surface area contributed by atoms with Crippen LogP contribution in [0.3, 0.4) is 0 Å². The van der Waals surface area contributed by atoms with Gasteiger partial charge in [0, 0.05) is 18.4 Å². The van der Waals surface area contributed by atoms with Gasteiger partial charge in [0.25, 0.3) is 5.91 Å². The first kappa shape index (κ1) is 16.7. The Morgan fingerprint density at radius 3 is 2.64 bits per heavy atom. The van der Waals surface area contributed by atoms with Gasteiger partial charge < -0.3 is 10.1 Å². The van der Waals surface area contributed by atoms with Gasteiger partial charge in [0.1, 0.15) is 17.4 Å². The predicted octanol–water partition coefficient (Wildman–Crippen LogP) is 3.23.